The van der Waals surface area contributed by atoms with Crippen molar-refractivity contribution in [2.75, 3.05) is 11.9 Å². The molecular weight excluding hydrogens is 467 g/mol. The molecule has 30 heavy (non-hydrogen) atoms. The van der Waals surface area contributed by atoms with Gasteiger partial charge in [0.15, 0.2) is 0 Å². The molecule has 0 spiro atoms. The maximum Gasteiger partial charge on any atom is 0.286 e. The Kier molecular flexibility index (Phi) is 6.08. The summed E-state index contributed by atoms with van der Waals surface area (Å²) in [6.07, 6.45) is 1.28. The summed E-state index contributed by atoms with van der Waals surface area (Å²) in [6.45, 7) is 0.351. The zero-order valence-electron chi connectivity index (χ0n) is 15.5. The molecule has 0 unspecified atom stereocenters. The van der Waals surface area contributed by atoms with Gasteiger partial charge in [-0.3, -0.25) is 4.79 Å². The molecule has 11 heteroatoms. The topological polar surface area (TPSA) is 92.3 Å². The number of nitrogens with one attached hydrogen (secondary N) is 1. The summed E-state index contributed by atoms with van der Waals surface area (Å²) >= 11 is 13.1. The molecule has 1 atom stereocenters. The summed E-state index contributed by atoms with van der Waals surface area (Å²) in [5, 5.41) is 12.2. The van der Waals surface area contributed by atoms with Crippen LogP contribution < -0.4 is 5.32 Å². The second kappa shape index (κ2) is 8.60. The fourth-order valence-corrected chi connectivity index (χ4v) is 6.47. The summed E-state index contributed by atoms with van der Waals surface area (Å²) in [6, 6.07) is 12.5. The molecule has 7 nitrogen and oxygen atoms in total. The van der Waals surface area contributed by atoms with Crippen LogP contribution in [0.1, 0.15) is 33.7 Å². The van der Waals surface area contributed by atoms with Crippen LogP contribution in [0.15, 0.2) is 53.4 Å². The van der Waals surface area contributed by atoms with Crippen LogP contribution in [-0.2, 0) is 10.0 Å². The maximum absolute atomic E-state index is 13.2. The first-order valence-electron chi connectivity index (χ1n) is 9.03. The number of rotatable bonds is 5. The van der Waals surface area contributed by atoms with Crippen LogP contribution in [0.5, 0.6) is 0 Å². The minimum Gasteiger partial charge on any atom is -0.320 e. The molecular formula is C19H16Cl2N4O3S2. The van der Waals surface area contributed by atoms with E-state index in [4.69, 9.17) is 23.2 Å². The molecule has 1 fully saturated rings. The predicted octanol–water partition coefficient (Wildman–Crippen LogP) is 4.62. The van der Waals surface area contributed by atoms with Crippen molar-refractivity contribution in [3.05, 3.63) is 68.6 Å². The van der Waals surface area contributed by atoms with E-state index in [-0.39, 0.29) is 14.9 Å². The zero-order valence-corrected chi connectivity index (χ0v) is 18.6. The Morgan fingerprint density at radius 2 is 1.83 bits per heavy atom. The maximum atomic E-state index is 13.2. The zero-order chi connectivity index (χ0) is 21.3. The highest BCUT2D eigenvalue weighted by Gasteiger charge is 2.39. The third kappa shape index (κ3) is 4.21. The lowest BCUT2D eigenvalue weighted by molar-refractivity contribution is 0.102. The van der Waals surface area contributed by atoms with Gasteiger partial charge in [0.2, 0.25) is 15.0 Å². The number of sulfonamides is 1. The smallest absolute Gasteiger partial charge is 0.286 e. The predicted molar refractivity (Wildman–Crippen MR) is 117 cm³/mol. The Labute approximate surface area is 187 Å². The van der Waals surface area contributed by atoms with Gasteiger partial charge in [-0.25, -0.2) is 8.42 Å². The summed E-state index contributed by atoms with van der Waals surface area (Å²) in [5.41, 5.74) is 0.574. The lowest BCUT2D eigenvalue weighted by atomic mass is 10.2. The van der Waals surface area contributed by atoms with Crippen LogP contribution >= 0.6 is 34.5 Å². The van der Waals surface area contributed by atoms with Crippen molar-refractivity contribution in [2.45, 2.75) is 23.8 Å². The lowest BCUT2D eigenvalue weighted by Gasteiger charge is -2.22. The van der Waals surface area contributed by atoms with Crippen LogP contribution in [0.2, 0.25) is 10.0 Å². The monoisotopic (exact) mass is 482 g/mol. The van der Waals surface area contributed by atoms with Gasteiger partial charge in [0.05, 0.1) is 11.1 Å². The average molecular weight is 483 g/mol. The number of benzene rings is 2. The Morgan fingerprint density at radius 3 is 2.57 bits per heavy atom. The van der Waals surface area contributed by atoms with E-state index in [1.165, 1.54) is 10.4 Å². The van der Waals surface area contributed by atoms with Gasteiger partial charge in [0.1, 0.15) is 9.90 Å². The van der Waals surface area contributed by atoms with Gasteiger partial charge in [-0.2, -0.15) is 4.31 Å². The van der Waals surface area contributed by atoms with Gasteiger partial charge in [0.25, 0.3) is 5.91 Å². The van der Waals surface area contributed by atoms with Crippen molar-refractivity contribution in [2.24, 2.45) is 0 Å². The highest BCUT2D eigenvalue weighted by atomic mass is 35.5. The van der Waals surface area contributed by atoms with Crippen LogP contribution in [0.4, 0.5) is 5.69 Å². The van der Waals surface area contributed by atoms with Gasteiger partial charge >= 0.3 is 0 Å². The lowest BCUT2D eigenvalue weighted by Crippen LogP contribution is -2.30. The third-order valence-corrected chi connectivity index (χ3v) is 8.33. The summed E-state index contributed by atoms with van der Waals surface area (Å²) in [5.74, 6) is -0.417. The number of aromatic nitrogens is 2. The van der Waals surface area contributed by atoms with E-state index in [0.29, 0.717) is 35.1 Å². The van der Waals surface area contributed by atoms with Crippen LogP contribution in [0.25, 0.3) is 0 Å². The standard InChI is InChI=1S/C19H16Cl2N4O3S2/c20-12-7-9-13(10-8-12)22-17(26)19-24-23-18(29-19)15-5-3-11-25(15)30(27,28)16-6-2-1-4-14(16)21/h1-2,4,6-10,15H,3,5,11H2,(H,22,26)/t15-/m1/s1. The number of anilines is 1. The molecule has 0 saturated carbocycles. The largest absolute Gasteiger partial charge is 0.320 e. The molecule has 0 bridgehead atoms. The van der Waals surface area contributed by atoms with E-state index in [9.17, 15) is 13.2 Å². The fraction of sp³-hybridized carbons (Fsp3) is 0.211. The Balaban J connectivity index is 1.55. The van der Waals surface area contributed by atoms with Crippen molar-refractivity contribution in [1.29, 1.82) is 0 Å². The molecule has 2 aromatic carbocycles. The first-order chi connectivity index (χ1) is 14.4. The second-order valence-corrected chi connectivity index (χ2v) is 10.3. The molecule has 3 aromatic rings. The quantitative estimate of drug-likeness (QED) is 0.572. The Bertz CT molecular complexity index is 1180. The molecule has 4 rings (SSSR count). The normalized spacial score (nSPS) is 17.2. The molecule has 156 valence electrons. The Morgan fingerprint density at radius 1 is 1.10 bits per heavy atom. The minimum absolute atomic E-state index is 0.0591. The number of hydrogen-bond donors (Lipinski definition) is 1. The minimum atomic E-state index is -3.80. The highest BCUT2D eigenvalue weighted by molar-refractivity contribution is 7.89. The summed E-state index contributed by atoms with van der Waals surface area (Å²) in [4.78, 5) is 12.5. The van der Waals surface area contributed by atoms with E-state index in [1.807, 2.05) is 0 Å². The van der Waals surface area contributed by atoms with Crippen LogP contribution in [-0.4, -0.2) is 35.4 Å². The fourth-order valence-electron chi connectivity index (χ4n) is 3.23. The number of nitrogens with zero attached hydrogens (tertiary/aromatic N) is 3. The third-order valence-electron chi connectivity index (χ3n) is 4.65. The molecule has 1 aliphatic rings. The van der Waals surface area contributed by atoms with Crippen molar-refractivity contribution >= 4 is 56.2 Å². The highest BCUT2D eigenvalue weighted by Crippen LogP contribution is 2.39. The Hall–Kier alpha value is -2.04. The van der Waals surface area contributed by atoms with Crippen LogP contribution in [0.3, 0.4) is 0 Å². The first-order valence-corrected chi connectivity index (χ1v) is 12.0. The van der Waals surface area contributed by atoms with Gasteiger partial charge < -0.3 is 5.32 Å². The molecule has 0 aliphatic carbocycles. The summed E-state index contributed by atoms with van der Waals surface area (Å²) < 4.78 is 27.7. The van der Waals surface area contributed by atoms with Crippen molar-refractivity contribution in [3.63, 3.8) is 0 Å². The van der Waals surface area contributed by atoms with Gasteiger partial charge in [0, 0.05) is 17.3 Å². The van der Waals surface area contributed by atoms with Gasteiger partial charge in [-0.1, -0.05) is 46.7 Å². The van der Waals surface area contributed by atoms with Crippen molar-refractivity contribution < 1.29 is 13.2 Å². The number of amides is 1. The van der Waals surface area contributed by atoms with Gasteiger partial charge in [-0.05, 0) is 49.2 Å². The number of carbonyl (C=O) groups excluding carboxylic acids is 1. The number of carbonyl (C=O) groups is 1. The molecule has 1 saturated heterocycles. The van der Waals surface area contributed by atoms with E-state index in [1.54, 1.807) is 42.5 Å². The number of halogens is 2. The summed E-state index contributed by atoms with van der Waals surface area (Å²) in [7, 11) is -3.80. The second-order valence-electron chi connectivity index (χ2n) is 6.61. The van der Waals surface area contributed by atoms with Crippen molar-refractivity contribution in [3.8, 4) is 0 Å². The average Bonchev–Trinajstić information content (AvgIpc) is 3.39. The molecule has 1 aromatic heterocycles. The molecule has 2 heterocycles. The van der Waals surface area contributed by atoms with Crippen molar-refractivity contribution in [1.82, 2.24) is 14.5 Å². The van der Waals surface area contributed by atoms with E-state index >= 15 is 0 Å². The molecule has 1 aliphatic heterocycles. The SMILES string of the molecule is O=C(Nc1ccc(Cl)cc1)c1nnc([C@H]2CCCN2S(=O)(=O)c2ccccc2Cl)s1. The first kappa shape index (κ1) is 21.2. The van der Waals surface area contributed by atoms with E-state index < -0.39 is 22.0 Å². The molecule has 0 radical (unpaired) electrons. The van der Waals surface area contributed by atoms with Crippen LogP contribution in [0, 0.1) is 0 Å². The number of hydrogen-bond acceptors (Lipinski definition) is 6. The van der Waals surface area contributed by atoms with E-state index in [2.05, 4.69) is 15.5 Å². The van der Waals surface area contributed by atoms with Gasteiger partial charge in [-0.15, -0.1) is 10.2 Å². The molecule has 1 amide bonds. The molecule has 1 N–H and O–H groups in total. The van der Waals surface area contributed by atoms with E-state index in [0.717, 1.165) is 11.3 Å².